The van der Waals surface area contributed by atoms with Gasteiger partial charge in [-0.05, 0) is 44.7 Å². The van der Waals surface area contributed by atoms with Crippen LogP contribution in [0, 0.1) is 26.7 Å². The molecule has 1 amide bonds. The molecule has 2 aromatic rings. The van der Waals surface area contributed by atoms with Crippen LogP contribution in [0.4, 0.5) is 5.82 Å². The summed E-state index contributed by atoms with van der Waals surface area (Å²) in [5.74, 6) is 6.29. The zero-order chi connectivity index (χ0) is 19.5. The summed E-state index contributed by atoms with van der Waals surface area (Å²) in [5, 5.41) is 2.71. The van der Waals surface area contributed by atoms with Crippen molar-refractivity contribution in [2.45, 2.75) is 38.5 Å². The second kappa shape index (κ2) is 7.79. The normalized spacial score (nSPS) is 13.5. The lowest BCUT2D eigenvalue weighted by atomic mass is 10.1. The summed E-state index contributed by atoms with van der Waals surface area (Å²) in [6.07, 6.45) is 6.64. The minimum absolute atomic E-state index is 0.0344. The third kappa shape index (κ3) is 5.24. The first-order valence-corrected chi connectivity index (χ1v) is 9.45. The van der Waals surface area contributed by atoms with Crippen molar-refractivity contribution in [1.29, 1.82) is 0 Å². The van der Waals surface area contributed by atoms with Crippen LogP contribution >= 0.6 is 0 Å². The average Bonchev–Trinajstić information content (AvgIpc) is 3.32. The molecule has 0 bridgehead atoms. The first-order chi connectivity index (χ1) is 12.1. The Hall–Kier alpha value is -2.52. The van der Waals surface area contributed by atoms with Gasteiger partial charge in [0.15, 0.2) is 0 Å². The number of rotatable bonds is 3. The fraction of sp³-hybridized carbons (Fsp3) is 0.353. The minimum Gasteiger partial charge on any atom is -0.744 e. The Labute approximate surface area is 152 Å². The summed E-state index contributed by atoms with van der Waals surface area (Å²) in [7, 11) is -4.33. The second-order valence-electron chi connectivity index (χ2n) is 6.31. The number of carbonyl (C=O) groups excluding carboxylic acids is 1. The molecule has 0 radical (unpaired) electrons. The van der Waals surface area contributed by atoms with Gasteiger partial charge in [0.25, 0.3) is 0 Å². The maximum Gasteiger partial charge on any atom is 0.323 e. The van der Waals surface area contributed by atoms with Gasteiger partial charge < -0.3 is 4.55 Å². The predicted molar refractivity (Wildman–Crippen MR) is 94.6 cm³/mol. The number of benzene rings is 1. The number of nitrogens with zero attached hydrogens (tertiary/aromatic N) is 2. The van der Waals surface area contributed by atoms with Crippen LogP contribution in [-0.2, 0) is 14.9 Å². The van der Waals surface area contributed by atoms with E-state index < -0.39 is 10.1 Å². The summed E-state index contributed by atoms with van der Waals surface area (Å²) < 4.78 is 33.8. The van der Waals surface area contributed by atoms with Gasteiger partial charge in [0.2, 0.25) is 0 Å². The monoisotopic (exact) mass is 378 g/mol. The molecule has 0 unspecified atom stereocenters. The van der Waals surface area contributed by atoms with Crippen molar-refractivity contribution in [3.63, 3.8) is 0 Å². The van der Waals surface area contributed by atoms with Crippen LogP contribution < -0.4 is 15.8 Å². The fourth-order valence-corrected chi connectivity index (χ4v) is 3.51. The fourth-order valence-electron chi connectivity index (χ4n) is 2.60. The van der Waals surface area contributed by atoms with Gasteiger partial charge in [0, 0.05) is 0 Å². The first-order valence-electron chi connectivity index (χ1n) is 8.05. The van der Waals surface area contributed by atoms with Gasteiger partial charge in [-0.15, -0.1) is 4.68 Å². The van der Waals surface area contributed by atoms with E-state index in [1.807, 2.05) is 6.92 Å². The molecule has 0 saturated heterocycles. The summed E-state index contributed by atoms with van der Waals surface area (Å²) >= 11 is 0. The number of aromatic nitrogens is 2. The van der Waals surface area contributed by atoms with Crippen LogP contribution in [0.1, 0.15) is 29.5 Å². The van der Waals surface area contributed by atoms with Crippen LogP contribution in [-0.4, -0.2) is 23.9 Å². The van der Waals surface area contributed by atoms with E-state index in [9.17, 15) is 17.8 Å². The highest BCUT2D eigenvalue weighted by Crippen LogP contribution is 2.29. The van der Waals surface area contributed by atoms with Crippen LogP contribution in [0.15, 0.2) is 35.6 Å². The molecule has 26 heavy (non-hydrogen) atoms. The standard InChI is InChI=1S/C9H12O3S.C8H10N4O/c1-6-4-7(2)9(8(3)5-6)13(10,11)12;9-12-4-3-10-5-7(12)11-8(13)6-1-2-6/h4-5H,1-3H3,(H,10,11,12);3-6H,1-2,9H2. The van der Waals surface area contributed by atoms with Crippen molar-refractivity contribution < 1.29 is 22.4 Å². The second-order valence-corrected chi connectivity index (χ2v) is 7.63. The zero-order valence-corrected chi connectivity index (χ0v) is 15.7. The molecule has 1 heterocycles. The molecule has 140 valence electrons. The molecule has 1 aliphatic carbocycles. The van der Waals surface area contributed by atoms with E-state index in [4.69, 9.17) is 5.84 Å². The lowest BCUT2D eigenvalue weighted by molar-refractivity contribution is -0.624. The van der Waals surface area contributed by atoms with E-state index in [2.05, 4.69) is 10.3 Å². The third-order valence-corrected chi connectivity index (χ3v) is 4.99. The Morgan fingerprint density at radius 3 is 2.31 bits per heavy atom. The molecule has 0 atom stereocenters. The lowest BCUT2D eigenvalue weighted by Crippen LogP contribution is -2.47. The molecule has 1 aromatic heterocycles. The topological polar surface area (TPSA) is 129 Å². The Morgan fingerprint density at radius 1 is 1.27 bits per heavy atom. The molecule has 1 aliphatic rings. The van der Waals surface area contributed by atoms with Gasteiger partial charge in [-0.3, -0.25) is 10.8 Å². The molecule has 1 saturated carbocycles. The van der Waals surface area contributed by atoms with E-state index >= 15 is 0 Å². The Morgan fingerprint density at radius 2 is 1.85 bits per heavy atom. The number of hydrogen-bond donors (Lipinski definition) is 2. The van der Waals surface area contributed by atoms with Crippen LogP contribution in [0.2, 0.25) is 0 Å². The molecule has 3 N–H and O–H groups in total. The van der Waals surface area contributed by atoms with E-state index in [1.165, 1.54) is 10.9 Å². The molecule has 0 spiro atoms. The Kier molecular flexibility index (Phi) is 5.94. The molecule has 8 nitrogen and oxygen atoms in total. The number of amides is 1. The molecular formula is C17H22N4O4S. The SMILES string of the molecule is Cc1cc(C)c(S(=O)(=O)[O-])c(C)c1.N[n+]1ccncc1NC(=O)C1CC1. The molecule has 1 aromatic carbocycles. The van der Waals surface area contributed by atoms with E-state index in [-0.39, 0.29) is 16.7 Å². The summed E-state index contributed by atoms with van der Waals surface area (Å²) in [6, 6.07) is 3.38. The highest BCUT2D eigenvalue weighted by atomic mass is 32.2. The van der Waals surface area contributed by atoms with Gasteiger partial charge in [-0.1, -0.05) is 17.7 Å². The van der Waals surface area contributed by atoms with Crippen molar-refractivity contribution in [2.24, 2.45) is 5.92 Å². The Balaban J connectivity index is 0.000000187. The van der Waals surface area contributed by atoms with Gasteiger partial charge in [0.1, 0.15) is 22.5 Å². The van der Waals surface area contributed by atoms with Crippen molar-refractivity contribution in [3.05, 3.63) is 47.4 Å². The van der Waals surface area contributed by atoms with Crippen LogP contribution in [0.25, 0.3) is 0 Å². The summed E-state index contributed by atoms with van der Waals surface area (Å²) in [5.41, 5.74) is 2.00. The van der Waals surface area contributed by atoms with E-state index in [1.54, 1.807) is 38.4 Å². The smallest absolute Gasteiger partial charge is 0.323 e. The quantitative estimate of drug-likeness (QED) is 0.465. The molecular weight excluding hydrogens is 356 g/mol. The Bertz CT molecular complexity index is 901. The van der Waals surface area contributed by atoms with Crippen LogP contribution in [0.5, 0.6) is 0 Å². The number of hydrogen-bond acceptors (Lipinski definition) is 6. The maximum absolute atomic E-state index is 11.3. The largest absolute Gasteiger partial charge is 0.744 e. The van der Waals surface area contributed by atoms with Gasteiger partial charge in [-0.2, -0.15) is 0 Å². The maximum atomic E-state index is 11.3. The number of nitrogen functional groups attached to an aromatic ring is 1. The summed E-state index contributed by atoms with van der Waals surface area (Å²) in [6.45, 7) is 5.12. The first kappa shape index (κ1) is 19.8. The van der Waals surface area contributed by atoms with Gasteiger partial charge >= 0.3 is 11.7 Å². The minimum atomic E-state index is -4.33. The average molecular weight is 378 g/mol. The molecule has 3 rings (SSSR count). The van der Waals surface area contributed by atoms with Gasteiger partial charge in [-0.25, -0.2) is 18.5 Å². The van der Waals surface area contributed by atoms with Gasteiger partial charge in [0.05, 0.1) is 17.0 Å². The number of nitrogens with one attached hydrogen (secondary N) is 1. The van der Waals surface area contributed by atoms with Crippen molar-refractivity contribution in [3.8, 4) is 0 Å². The number of nitrogens with two attached hydrogens (primary N) is 1. The molecule has 1 fully saturated rings. The highest BCUT2D eigenvalue weighted by molar-refractivity contribution is 7.85. The summed E-state index contributed by atoms with van der Waals surface area (Å²) in [4.78, 5) is 15.1. The third-order valence-electron chi connectivity index (χ3n) is 3.84. The molecule has 0 aliphatic heterocycles. The predicted octanol–water partition coefficient (Wildman–Crippen LogP) is 0.947. The van der Waals surface area contributed by atoms with Crippen LogP contribution in [0.3, 0.4) is 0 Å². The molecule has 9 heteroatoms. The number of anilines is 1. The number of carbonyl (C=O) groups is 1. The zero-order valence-electron chi connectivity index (χ0n) is 14.9. The van der Waals surface area contributed by atoms with Crippen molar-refractivity contribution >= 4 is 21.8 Å². The highest BCUT2D eigenvalue weighted by Gasteiger charge is 2.33. The van der Waals surface area contributed by atoms with Crippen molar-refractivity contribution in [1.82, 2.24) is 4.98 Å². The van der Waals surface area contributed by atoms with E-state index in [0.29, 0.717) is 16.9 Å². The lowest BCUT2D eigenvalue weighted by Gasteiger charge is -2.14. The van der Waals surface area contributed by atoms with Crippen molar-refractivity contribution in [2.75, 3.05) is 11.2 Å². The van der Waals surface area contributed by atoms with E-state index in [0.717, 1.165) is 18.4 Å². The number of aryl methyl sites for hydroxylation is 3.